The molecule has 0 aromatic carbocycles. The second-order valence-electron chi connectivity index (χ2n) is 5.87. The lowest BCUT2D eigenvalue weighted by atomic mass is 9.75. The highest BCUT2D eigenvalue weighted by molar-refractivity contribution is 5.82. The van der Waals surface area contributed by atoms with Crippen LogP contribution in [-0.4, -0.2) is 29.2 Å². The molecule has 18 heavy (non-hydrogen) atoms. The molecule has 1 saturated carbocycles. The molecule has 0 saturated heterocycles. The zero-order chi connectivity index (χ0) is 13.8. The van der Waals surface area contributed by atoms with Crippen LogP contribution in [0.5, 0.6) is 0 Å². The minimum atomic E-state index is -0.989. The first-order chi connectivity index (χ1) is 8.34. The van der Waals surface area contributed by atoms with E-state index in [1.807, 2.05) is 0 Å². The normalized spacial score (nSPS) is 24.1. The Hall–Kier alpha value is -1.26. The summed E-state index contributed by atoms with van der Waals surface area (Å²) in [5.74, 6) is -0.989. The van der Waals surface area contributed by atoms with Crippen LogP contribution in [0.4, 0.5) is 4.79 Å². The van der Waals surface area contributed by atoms with Crippen molar-refractivity contribution in [1.82, 2.24) is 10.6 Å². The number of urea groups is 1. The number of hydrogen-bond donors (Lipinski definition) is 3. The van der Waals surface area contributed by atoms with Crippen LogP contribution in [0.2, 0.25) is 0 Å². The molecule has 2 amide bonds. The minimum Gasteiger partial charge on any atom is -0.480 e. The van der Waals surface area contributed by atoms with E-state index < -0.39 is 12.0 Å². The molecule has 1 fully saturated rings. The van der Waals surface area contributed by atoms with Crippen molar-refractivity contribution in [3.63, 3.8) is 0 Å². The highest BCUT2D eigenvalue weighted by Gasteiger charge is 2.29. The van der Waals surface area contributed by atoms with Crippen molar-refractivity contribution in [3.8, 4) is 0 Å². The van der Waals surface area contributed by atoms with Crippen LogP contribution in [-0.2, 0) is 4.79 Å². The SMILES string of the molecule is CC[C@H](NC(=O)NC1CCCC(C)(C)C1)C(=O)O. The summed E-state index contributed by atoms with van der Waals surface area (Å²) in [5.41, 5.74) is 0.257. The maximum atomic E-state index is 11.7. The smallest absolute Gasteiger partial charge is 0.326 e. The predicted octanol–water partition coefficient (Wildman–Crippen LogP) is 2.12. The van der Waals surface area contributed by atoms with E-state index in [1.165, 1.54) is 6.42 Å². The Bertz CT molecular complexity index is 315. The zero-order valence-electron chi connectivity index (χ0n) is 11.5. The number of carbonyl (C=O) groups is 2. The summed E-state index contributed by atoms with van der Waals surface area (Å²) in [4.78, 5) is 22.5. The number of carbonyl (C=O) groups excluding carboxylic acids is 1. The summed E-state index contributed by atoms with van der Waals surface area (Å²) in [6.45, 7) is 6.14. The lowest BCUT2D eigenvalue weighted by Gasteiger charge is -2.35. The number of carboxylic acid groups (broad SMARTS) is 1. The fourth-order valence-electron chi connectivity index (χ4n) is 2.55. The maximum Gasteiger partial charge on any atom is 0.326 e. The Labute approximate surface area is 108 Å². The number of rotatable bonds is 4. The van der Waals surface area contributed by atoms with E-state index in [0.29, 0.717) is 6.42 Å². The van der Waals surface area contributed by atoms with Gasteiger partial charge in [-0.25, -0.2) is 9.59 Å². The molecule has 1 unspecified atom stereocenters. The first-order valence-electron chi connectivity index (χ1n) is 6.64. The van der Waals surface area contributed by atoms with E-state index in [2.05, 4.69) is 24.5 Å². The Morgan fingerprint density at radius 1 is 1.44 bits per heavy atom. The fourth-order valence-corrected chi connectivity index (χ4v) is 2.55. The van der Waals surface area contributed by atoms with Crippen LogP contribution in [0.1, 0.15) is 52.9 Å². The van der Waals surface area contributed by atoms with Gasteiger partial charge in [-0.15, -0.1) is 0 Å². The van der Waals surface area contributed by atoms with E-state index in [1.54, 1.807) is 6.92 Å². The number of nitrogens with one attached hydrogen (secondary N) is 2. The van der Waals surface area contributed by atoms with Gasteiger partial charge in [0, 0.05) is 6.04 Å². The van der Waals surface area contributed by atoms with Gasteiger partial charge in [-0.2, -0.15) is 0 Å². The third-order valence-electron chi connectivity index (χ3n) is 3.55. The van der Waals surface area contributed by atoms with Gasteiger partial charge in [-0.3, -0.25) is 0 Å². The van der Waals surface area contributed by atoms with Crippen LogP contribution in [0, 0.1) is 5.41 Å². The molecular weight excluding hydrogens is 232 g/mol. The largest absolute Gasteiger partial charge is 0.480 e. The van der Waals surface area contributed by atoms with Gasteiger partial charge in [-0.1, -0.05) is 27.2 Å². The van der Waals surface area contributed by atoms with Gasteiger partial charge in [0.25, 0.3) is 0 Å². The maximum absolute atomic E-state index is 11.7. The van der Waals surface area contributed by atoms with Crippen LogP contribution >= 0.6 is 0 Å². The lowest BCUT2D eigenvalue weighted by molar-refractivity contribution is -0.139. The molecule has 0 aromatic rings. The summed E-state index contributed by atoms with van der Waals surface area (Å²) in [6, 6.07) is -1.02. The Morgan fingerprint density at radius 3 is 2.61 bits per heavy atom. The molecular formula is C13H24N2O3. The monoisotopic (exact) mass is 256 g/mol. The number of amides is 2. The van der Waals surface area contributed by atoms with Crippen molar-refractivity contribution >= 4 is 12.0 Å². The average Bonchev–Trinajstić information content (AvgIpc) is 2.23. The van der Waals surface area contributed by atoms with E-state index >= 15 is 0 Å². The zero-order valence-corrected chi connectivity index (χ0v) is 11.5. The highest BCUT2D eigenvalue weighted by Crippen LogP contribution is 2.34. The Kier molecular flexibility index (Phi) is 4.99. The molecule has 2 atom stereocenters. The highest BCUT2D eigenvalue weighted by atomic mass is 16.4. The first kappa shape index (κ1) is 14.8. The third kappa shape index (κ3) is 4.55. The van der Waals surface area contributed by atoms with Crippen molar-refractivity contribution in [2.75, 3.05) is 0 Å². The molecule has 104 valence electrons. The molecule has 5 nitrogen and oxygen atoms in total. The molecule has 1 rings (SSSR count). The molecule has 1 aliphatic carbocycles. The Balaban J connectivity index is 2.42. The van der Waals surface area contributed by atoms with Crippen molar-refractivity contribution < 1.29 is 14.7 Å². The minimum absolute atomic E-state index is 0.153. The van der Waals surface area contributed by atoms with Gasteiger partial charge in [0.1, 0.15) is 6.04 Å². The average molecular weight is 256 g/mol. The molecule has 0 aliphatic heterocycles. The lowest BCUT2D eigenvalue weighted by Crippen LogP contribution is -2.50. The van der Waals surface area contributed by atoms with Crippen LogP contribution < -0.4 is 10.6 Å². The second kappa shape index (κ2) is 6.07. The van der Waals surface area contributed by atoms with E-state index in [-0.39, 0.29) is 17.5 Å². The summed E-state index contributed by atoms with van der Waals surface area (Å²) in [7, 11) is 0. The van der Waals surface area contributed by atoms with Crippen LogP contribution in [0.15, 0.2) is 0 Å². The van der Waals surface area contributed by atoms with Crippen LogP contribution in [0.25, 0.3) is 0 Å². The summed E-state index contributed by atoms with van der Waals surface area (Å²) < 4.78 is 0. The summed E-state index contributed by atoms with van der Waals surface area (Å²) in [5, 5.41) is 14.2. The number of hydrogen-bond acceptors (Lipinski definition) is 2. The molecule has 0 radical (unpaired) electrons. The molecule has 0 spiro atoms. The standard InChI is InChI=1S/C13H24N2O3/c1-4-10(11(16)17)15-12(18)14-9-6-5-7-13(2,3)8-9/h9-10H,4-8H2,1-3H3,(H,16,17)(H2,14,15,18)/t9?,10-/m0/s1. The first-order valence-corrected chi connectivity index (χ1v) is 6.64. The van der Waals surface area contributed by atoms with Gasteiger partial charge in [0.2, 0.25) is 0 Å². The number of carboxylic acids is 1. The van der Waals surface area contributed by atoms with Gasteiger partial charge in [-0.05, 0) is 31.1 Å². The number of aliphatic carboxylic acids is 1. The van der Waals surface area contributed by atoms with Gasteiger partial charge < -0.3 is 15.7 Å². The molecule has 0 aromatic heterocycles. The Morgan fingerprint density at radius 2 is 2.11 bits per heavy atom. The third-order valence-corrected chi connectivity index (χ3v) is 3.55. The van der Waals surface area contributed by atoms with Crippen molar-refractivity contribution in [2.24, 2.45) is 5.41 Å². The summed E-state index contributed by atoms with van der Waals surface area (Å²) >= 11 is 0. The van der Waals surface area contributed by atoms with Crippen molar-refractivity contribution in [3.05, 3.63) is 0 Å². The molecule has 5 heteroatoms. The van der Waals surface area contributed by atoms with Gasteiger partial charge in [0.15, 0.2) is 0 Å². The molecule has 0 bridgehead atoms. The van der Waals surface area contributed by atoms with Gasteiger partial charge in [0.05, 0.1) is 0 Å². The molecule has 0 heterocycles. The van der Waals surface area contributed by atoms with Crippen molar-refractivity contribution in [1.29, 1.82) is 0 Å². The van der Waals surface area contributed by atoms with E-state index in [9.17, 15) is 9.59 Å². The van der Waals surface area contributed by atoms with E-state index in [0.717, 1.165) is 19.3 Å². The second-order valence-corrected chi connectivity index (χ2v) is 5.87. The van der Waals surface area contributed by atoms with Crippen molar-refractivity contribution in [2.45, 2.75) is 65.0 Å². The quantitative estimate of drug-likeness (QED) is 0.721. The topological polar surface area (TPSA) is 78.4 Å². The fraction of sp³-hybridized carbons (Fsp3) is 0.846. The van der Waals surface area contributed by atoms with E-state index in [4.69, 9.17) is 5.11 Å². The molecule has 1 aliphatic rings. The van der Waals surface area contributed by atoms with Gasteiger partial charge >= 0.3 is 12.0 Å². The summed E-state index contributed by atoms with van der Waals surface area (Å²) in [6.07, 6.45) is 4.59. The predicted molar refractivity (Wildman–Crippen MR) is 69.4 cm³/mol. The molecule has 3 N–H and O–H groups in total. The van der Waals surface area contributed by atoms with Crippen LogP contribution in [0.3, 0.4) is 0 Å².